The third kappa shape index (κ3) is 3.50. The average molecular weight is 302 g/mol. The Morgan fingerprint density at radius 3 is 2.76 bits per heavy atom. The Bertz CT molecular complexity index is 707. The molecule has 0 radical (unpaired) electrons. The first-order chi connectivity index (χ1) is 10.0. The molecule has 0 aliphatic rings. The predicted octanol–water partition coefficient (Wildman–Crippen LogP) is 4.38. The minimum atomic E-state index is -0.220. The van der Waals surface area contributed by atoms with Crippen molar-refractivity contribution in [1.29, 1.82) is 0 Å². The van der Waals surface area contributed by atoms with Crippen LogP contribution in [0.4, 0.5) is 0 Å². The van der Waals surface area contributed by atoms with Gasteiger partial charge >= 0.3 is 0 Å². The maximum absolute atomic E-state index is 5.82. The molecule has 0 bridgehead atoms. The first kappa shape index (κ1) is 14.3. The lowest BCUT2D eigenvalue weighted by Crippen LogP contribution is -2.28. The number of nitrogens with zero attached hydrogens (tertiary/aromatic N) is 1. The highest BCUT2D eigenvalue weighted by molar-refractivity contribution is 7.21. The zero-order valence-corrected chi connectivity index (χ0v) is 13.2. The molecule has 21 heavy (non-hydrogen) atoms. The summed E-state index contributed by atoms with van der Waals surface area (Å²) in [5.41, 5.74) is 3.71. The number of benzene rings is 1. The summed E-state index contributed by atoms with van der Waals surface area (Å²) < 4.78 is 6.99. The zero-order chi connectivity index (χ0) is 14.9. The van der Waals surface area contributed by atoms with E-state index in [-0.39, 0.29) is 5.60 Å². The Balaban J connectivity index is 1.72. The van der Waals surface area contributed by atoms with Gasteiger partial charge in [0, 0.05) is 0 Å². The molecule has 0 amide bonds. The topological polar surface area (TPSA) is 47.3 Å². The van der Waals surface area contributed by atoms with E-state index in [9.17, 15) is 0 Å². The minimum Gasteiger partial charge on any atom is -0.457 e. The summed E-state index contributed by atoms with van der Waals surface area (Å²) >= 11 is 1.64. The molecule has 2 aromatic heterocycles. The van der Waals surface area contributed by atoms with Crippen LogP contribution in [0.15, 0.2) is 40.8 Å². The Morgan fingerprint density at radius 2 is 2.00 bits per heavy atom. The van der Waals surface area contributed by atoms with E-state index in [4.69, 9.17) is 9.25 Å². The van der Waals surface area contributed by atoms with Crippen molar-refractivity contribution in [3.63, 3.8) is 0 Å². The van der Waals surface area contributed by atoms with Gasteiger partial charge in [0.1, 0.15) is 5.76 Å². The van der Waals surface area contributed by atoms with Crippen molar-refractivity contribution < 1.29 is 9.25 Å². The molecule has 110 valence electrons. The standard InChI is InChI=1S/C16H18N2O2S/c1-16(2,3)20-17-10-11-8-9-13(19-11)15-18-12-6-4-5-7-14(12)21-15/h4-9,17H,10H2,1-3H3. The number of fused-ring (bicyclic) bond motifs is 1. The van der Waals surface area contributed by atoms with Gasteiger partial charge in [0.05, 0.1) is 22.4 Å². The number of hydrogen-bond donors (Lipinski definition) is 1. The molecule has 0 aliphatic heterocycles. The number of furan rings is 1. The quantitative estimate of drug-likeness (QED) is 0.727. The fourth-order valence-electron chi connectivity index (χ4n) is 1.89. The van der Waals surface area contributed by atoms with Crippen molar-refractivity contribution in [1.82, 2.24) is 10.5 Å². The van der Waals surface area contributed by atoms with Gasteiger partial charge in [-0.25, -0.2) is 4.98 Å². The van der Waals surface area contributed by atoms with Gasteiger partial charge in [-0.15, -0.1) is 11.3 Å². The van der Waals surface area contributed by atoms with Crippen LogP contribution in [0.2, 0.25) is 0 Å². The largest absolute Gasteiger partial charge is 0.457 e. The second-order valence-corrected chi connectivity index (χ2v) is 6.82. The van der Waals surface area contributed by atoms with Crippen LogP contribution in [0, 0.1) is 0 Å². The maximum Gasteiger partial charge on any atom is 0.163 e. The smallest absolute Gasteiger partial charge is 0.163 e. The van der Waals surface area contributed by atoms with E-state index < -0.39 is 0 Å². The minimum absolute atomic E-state index is 0.220. The van der Waals surface area contributed by atoms with Gasteiger partial charge in [0.25, 0.3) is 0 Å². The molecular weight excluding hydrogens is 284 g/mol. The summed E-state index contributed by atoms with van der Waals surface area (Å²) in [6, 6.07) is 12.0. The summed E-state index contributed by atoms with van der Waals surface area (Å²) in [4.78, 5) is 10.1. The number of para-hydroxylation sites is 1. The number of aromatic nitrogens is 1. The van der Waals surface area contributed by atoms with Crippen LogP contribution >= 0.6 is 11.3 Å². The second kappa shape index (κ2) is 5.60. The van der Waals surface area contributed by atoms with Crippen LogP contribution < -0.4 is 5.48 Å². The molecule has 5 heteroatoms. The number of rotatable bonds is 4. The van der Waals surface area contributed by atoms with Gasteiger partial charge < -0.3 is 4.42 Å². The maximum atomic E-state index is 5.82. The van der Waals surface area contributed by atoms with Gasteiger partial charge in [-0.1, -0.05) is 12.1 Å². The molecule has 0 fully saturated rings. The van der Waals surface area contributed by atoms with E-state index in [1.807, 2.05) is 51.1 Å². The fourth-order valence-corrected chi connectivity index (χ4v) is 2.82. The van der Waals surface area contributed by atoms with E-state index in [1.54, 1.807) is 11.3 Å². The molecule has 0 saturated heterocycles. The monoisotopic (exact) mass is 302 g/mol. The number of nitrogens with one attached hydrogen (secondary N) is 1. The molecule has 4 nitrogen and oxygen atoms in total. The zero-order valence-electron chi connectivity index (χ0n) is 12.3. The lowest BCUT2D eigenvalue weighted by atomic mass is 10.2. The average Bonchev–Trinajstić information content (AvgIpc) is 3.02. The van der Waals surface area contributed by atoms with Crippen molar-refractivity contribution in [2.45, 2.75) is 32.9 Å². The summed E-state index contributed by atoms with van der Waals surface area (Å²) in [5.74, 6) is 1.62. The van der Waals surface area contributed by atoms with Crippen LogP contribution in [0.3, 0.4) is 0 Å². The van der Waals surface area contributed by atoms with Crippen molar-refractivity contribution in [3.05, 3.63) is 42.2 Å². The SMILES string of the molecule is CC(C)(C)ONCc1ccc(-c2nc3ccccc3s2)o1. The Morgan fingerprint density at radius 1 is 1.19 bits per heavy atom. The van der Waals surface area contributed by atoms with Crippen LogP contribution in [0.25, 0.3) is 21.0 Å². The molecule has 0 spiro atoms. The van der Waals surface area contributed by atoms with E-state index in [0.29, 0.717) is 6.54 Å². The van der Waals surface area contributed by atoms with Crippen molar-refractivity contribution in [2.75, 3.05) is 0 Å². The van der Waals surface area contributed by atoms with Gasteiger partial charge in [-0.05, 0) is 45.0 Å². The molecule has 0 aliphatic carbocycles. The summed E-state index contributed by atoms with van der Waals surface area (Å²) in [6.07, 6.45) is 0. The van der Waals surface area contributed by atoms with Gasteiger partial charge in [0.15, 0.2) is 10.8 Å². The van der Waals surface area contributed by atoms with Crippen molar-refractivity contribution in [3.8, 4) is 10.8 Å². The first-order valence-electron chi connectivity index (χ1n) is 6.87. The van der Waals surface area contributed by atoms with E-state index >= 15 is 0 Å². The molecule has 0 unspecified atom stereocenters. The highest BCUT2D eigenvalue weighted by Crippen LogP contribution is 2.31. The van der Waals surface area contributed by atoms with Crippen LogP contribution in [0.1, 0.15) is 26.5 Å². The molecule has 1 aromatic carbocycles. The van der Waals surface area contributed by atoms with E-state index in [0.717, 1.165) is 22.0 Å². The molecular formula is C16H18N2O2S. The highest BCUT2D eigenvalue weighted by Gasteiger charge is 2.12. The van der Waals surface area contributed by atoms with Crippen molar-refractivity contribution in [2.24, 2.45) is 0 Å². The Hall–Kier alpha value is -1.69. The van der Waals surface area contributed by atoms with Gasteiger partial charge in [0.2, 0.25) is 0 Å². The normalized spacial score (nSPS) is 12.1. The van der Waals surface area contributed by atoms with Gasteiger partial charge in [-0.3, -0.25) is 4.84 Å². The van der Waals surface area contributed by atoms with Crippen LogP contribution in [-0.2, 0) is 11.4 Å². The summed E-state index contributed by atoms with van der Waals surface area (Å²) in [5, 5.41) is 0.902. The molecule has 1 N–H and O–H groups in total. The Labute approximate surface area is 127 Å². The Kier molecular flexibility index (Phi) is 3.80. The summed E-state index contributed by atoms with van der Waals surface area (Å²) in [6.45, 7) is 6.51. The molecule has 0 saturated carbocycles. The first-order valence-corrected chi connectivity index (χ1v) is 7.68. The van der Waals surface area contributed by atoms with Crippen LogP contribution in [0.5, 0.6) is 0 Å². The second-order valence-electron chi connectivity index (χ2n) is 5.79. The third-order valence-corrected chi connectivity index (χ3v) is 3.84. The number of hydroxylamine groups is 1. The highest BCUT2D eigenvalue weighted by atomic mass is 32.1. The predicted molar refractivity (Wildman–Crippen MR) is 85.0 cm³/mol. The number of thiazole rings is 1. The van der Waals surface area contributed by atoms with E-state index in [2.05, 4.69) is 16.5 Å². The molecule has 3 rings (SSSR count). The number of hydrogen-bond acceptors (Lipinski definition) is 5. The molecule has 2 heterocycles. The molecule has 0 atom stereocenters. The van der Waals surface area contributed by atoms with Crippen molar-refractivity contribution >= 4 is 21.6 Å². The fraction of sp³-hybridized carbons (Fsp3) is 0.312. The third-order valence-electron chi connectivity index (χ3n) is 2.79. The summed E-state index contributed by atoms with van der Waals surface area (Å²) in [7, 11) is 0. The van der Waals surface area contributed by atoms with Crippen LogP contribution in [-0.4, -0.2) is 10.6 Å². The van der Waals surface area contributed by atoms with Gasteiger partial charge in [-0.2, -0.15) is 5.48 Å². The van der Waals surface area contributed by atoms with E-state index in [1.165, 1.54) is 4.70 Å². The molecule has 3 aromatic rings. The lowest BCUT2D eigenvalue weighted by Gasteiger charge is -2.18. The lowest BCUT2D eigenvalue weighted by molar-refractivity contribution is -0.0774.